The third-order valence-corrected chi connectivity index (χ3v) is 2.51. The highest BCUT2D eigenvalue weighted by molar-refractivity contribution is 5.38. The highest BCUT2D eigenvalue weighted by Gasteiger charge is 1.99. The fraction of sp³-hybridized carbons (Fsp3) is 0.636. The molecule has 0 aliphatic rings. The van der Waals surface area contributed by atoms with Crippen molar-refractivity contribution in [1.82, 2.24) is 14.9 Å². The smallest absolute Gasteiger partial charge is 0.224 e. The van der Waals surface area contributed by atoms with Gasteiger partial charge in [-0.05, 0) is 19.2 Å². The van der Waals surface area contributed by atoms with Crippen LogP contribution in [0.2, 0.25) is 0 Å². The van der Waals surface area contributed by atoms with Gasteiger partial charge in [0.25, 0.3) is 0 Å². The minimum atomic E-state index is 0.646. The van der Waals surface area contributed by atoms with Gasteiger partial charge in [-0.15, -0.1) is 0 Å². The van der Waals surface area contributed by atoms with Crippen molar-refractivity contribution in [2.75, 3.05) is 43.9 Å². The van der Waals surface area contributed by atoms with Gasteiger partial charge in [0.15, 0.2) is 0 Å². The molecule has 5 nitrogen and oxygen atoms in total. The van der Waals surface area contributed by atoms with Gasteiger partial charge in [0.2, 0.25) is 5.95 Å². The summed E-state index contributed by atoms with van der Waals surface area (Å²) in [5.41, 5.74) is 0. The highest BCUT2D eigenvalue weighted by Crippen LogP contribution is 2.04. The van der Waals surface area contributed by atoms with E-state index in [0.717, 1.165) is 32.0 Å². The maximum absolute atomic E-state index is 4.29. The minimum Gasteiger partial charge on any atom is -0.369 e. The second kappa shape index (κ2) is 7.00. The van der Waals surface area contributed by atoms with E-state index in [-0.39, 0.29) is 0 Å². The Balaban J connectivity index is 2.36. The number of hydrogen-bond donors (Lipinski definition) is 2. The van der Waals surface area contributed by atoms with E-state index in [4.69, 9.17) is 0 Å². The molecule has 2 N–H and O–H groups in total. The van der Waals surface area contributed by atoms with Crippen molar-refractivity contribution in [1.29, 1.82) is 0 Å². The van der Waals surface area contributed by atoms with E-state index in [2.05, 4.69) is 39.3 Å². The van der Waals surface area contributed by atoms with Crippen LogP contribution in [0.4, 0.5) is 11.8 Å². The van der Waals surface area contributed by atoms with E-state index in [1.54, 1.807) is 6.20 Å². The summed E-state index contributed by atoms with van der Waals surface area (Å²) < 4.78 is 0. The lowest BCUT2D eigenvalue weighted by Gasteiger charge is -2.18. The van der Waals surface area contributed by atoms with Crippen LogP contribution in [0.25, 0.3) is 0 Å². The van der Waals surface area contributed by atoms with Crippen molar-refractivity contribution in [2.45, 2.75) is 13.8 Å². The standard InChI is InChI=1S/C11H21N5/c1-4-16(5-2)9-8-13-10-6-7-14-11(12-3)15-10/h6-7H,4-5,8-9H2,1-3H3,(H2,12,13,14,15). The predicted molar refractivity (Wildman–Crippen MR) is 67.9 cm³/mol. The van der Waals surface area contributed by atoms with Crippen molar-refractivity contribution in [3.63, 3.8) is 0 Å². The Morgan fingerprint density at radius 1 is 1.31 bits per heavy atom. The molecule has 0 amide bonds. The molecule has 0 aliphatic heterocycles. The minimum absolute atomic E-state index is 0.646. The summed E-state index contributed by atoms with van der Waals surface area (Å²) in [5, 5.41) is 6.20. The largest absolute Gasteiger partial charge is 0.369 e. The lowest BCUT2D eigenvalue weighted by Crippen LogP contribution is -2.28. The Kier molecular flexibility index (Phi) is 5.56. The van der Waals surface area contributed by atoms with Gasteiger partial charge in [-0.2, -0.15) is 4.98 Å². The van der Waals surface area contributed by atoms with Gasteiger partial charge >= 0.3 is 0 Å². The molecule has 0 saturated heterocycles. The summed E-state index contributed by atoms with van der Waals surface area (Å²) in [5.74, 6) is 1.51. The summed E-state index contributed by atoms with van der Waals surface area (Å²) in [7, 11) is 1.81. The quantitative estimate of drug-likeness (QED) is 0.729. The average Bonchev–Trinajstić information content (AvgIpc) is 2.35. The summed E-state index contributed by atoms with van der Waals surface area (Å²) in [4.78, 5) is 10.7. The maximum atomic E-state index is 4.29. The summed E-state index contributed by atoms with van der Waals surface area (Å²) in [6.45, 7) is 8.46. The van der Waals surface area contributed by atoms with Crippen LogP contribution in [0.1, 0.15) is 13.8 Å². The van der Waals surface area contributed by atoms with Gasteiger partial charge in [-0.25, -0.2) is 4.98 Å². The molecular formula is C11H21N5. The Bertz CT molecular complexity index is 298. The van der Waals surface area contributed by atoms with E-state index in [0.29, 0.717) is 5.95 Å². The van der Waals surface area contributed by atoms with E-state index in [1.165, 1.54) is 0 Å². The fourth-order valence-electron chi connectivity index (χ4n) is 1.46. The molecule has 0 saturated carbocycles. The third kappa shape index (κ3) is 4.02. The lowest BCUT2D eigenvalue weighted by atomic mass is 10.4. The fourth-order valence-corrected chi connectivity index (χ4v) is 1.46. The molecule has 1 aromatic heterocycles. The van der Waals surface area contributed by atoms with Gasteiger partial charge in [-0.3, -0.25) is 0 Å². The number of hydrogen-bond acceptors (Lipinski definition) is 5. The number of nitrogens with zero attached hydrogens (tertiary/aromatic N) is 3. The molecule has 16 heavy (non-hydrogen) atoms. The van der Waals surface area contributed by atoms with Crippen LogP contribution in [-0.2, 0) is 0 Å². The van der Waals surface area contributed by atoms with Gasteiger partial charge < -0.3 is 15.5 Å². The van der Waals surface area contributed by atoms with Crippen LogP contribution in [0, 0.1) is 0 Å². The summed E-state index contributed by atoms with van der Waals surface area (Å²) >= 11 is 0. The molecule has 0 atom stereocenters. The van der Waals surface area contributed by atoms with E-state index in [9.17, 15) is 0 Å². The lowest BCUT2D eigenvalue weighted by molar-refractivity contribution is 0.316. The molecule has 5 heteroatoms. The first kappa shape index (κ1) is 12.7. The number of anilines is 2. The first-order valence-corrected chi connectivity index (χ1v) is 5.77. The molecular weight excluding hydrogens is 202 g/mol. The zero-order valence-electron chi connectivity index (χ0n) is 10.3. The number of aromatic nitrogens is 2. The van der Waals surface area contributed by atoms with Crippen molar-refractivity contribution in [2.24, 2.45) is 0 Å². The van der Waals surface area contributed by atoms with E-state index in [1.807, 2.05) is 13.1 Å². The van der Waals surface area contributed by atoms with E-state index < -0.39 is 0 Å². The second-order valence-corrected chi connectivity index (χ2v) is 3.47. The van der Waals surface area contributed by atoms with E-state index >= 15 is 0 Å². The molecule has 90 valence electrons. The molecule has 0 aliphatic carbocycles. The summed E-state index contributed by atoms with van der Waals surface area (Å²) in [6, 6.07) is 1.88. The Morgan fingerprint density at radius 2 is 2.06 bits per heavy atom. The SMILES string of the molecule is CCN(CC)CCNc1ccnc(NC)n1. The van der Waals surface area contributed by atoms with Crippen LogP contribution in [0.5, 0.6) is 0 Å². The molecule has 1 aromatic rings. The van der Waals surface area contributed by atoms with Crippen LogP contribution in [-0.4, -0.2) is 48.1 Å². The molecule has 0 radical (unpaired) electrons. The summed E-state index contributed by atoms with van der Waals surface area (Å²) in [6.07, 6.45) is 1.75. The van der Waals surface area contributed by atoms with Crippen molar-refractivity contribution in [3.8, 4) is 0 Å². The molecule has 0 aromatic carbocycles. The van der Waals surface area contributed by atoms with Crippen molar-refractivity contribution >= 4 is 11.8 Å². The highest BCUT2D eigenvalue weighted by atomic mass is 15.2. The zero-order chi connectivity index (χ0) is 11.8. The van der Waals surface area contributed by atoms with Crippen molar-refractivity contribution < 1.29 is 0 Å². The Hall–Kier alpha value is -1.36. The maximum Gasteiger partial charge on any atom is 0.224 e. The van der Waals surface area contributed by atoms with Crippen LogP contribution < -0.4 is 10.6 Å². The zero-order valence-corrected chi connectivity index (χ0v) is 10.3. The van der Waals surface area contributed by atoms with Gasteiger partial charge in [-0.1, -0.05) is 13.8 Å². The topological polar surface area (TPSA) is 53.1 Å². The monoisotopic (exact) mass is 223 g/mol. The first-order chi connectivity index (χ1) is 7.80. The normalized spacial score (nSPS) is 10.5. The molecule has 0 unspecified atom stereocenters. The predicted octanol–water partition coefficient (Wildman–Crippen LogP) is 1.27. The molecule has 1 rings (SSSR count). The van der Waals surface area contributed by atoms with Crippen LogP contribution in [0.15, 0.2) is 12.3 Å². The molecule has 0 bridgehead atoms. The second-order valence-electron chi connectivity index (χ2n) is 3.47. The Labute approximate surface area is 97.3 Å². The van der Waals surface area contributed by atoms with Gasteiger partial charge in [0.1, 0.15) is 5.82 Å². The van der Waals surface area contributed by atoms with Gasteiger partial charge in [0.05, 0.1) is 0 Å². The van der Waals surface area contributed by atoms with Crippen LogP contribution >= 0.6 is 0 Å². The molecule has 0 spiro atoms. The Morgan fingerprint density at radius 3 is 2.69 bits per heavy atom. The average molecular weight is 223 g/mol. The number of rotatable bonds is 7. The molecule has 0 fully saturated rings. The van der Waals surface area contributed by atoms with Crippen LogP contribution in [0.3, 0.4) is 0 Å². The van der Waals surface area contributed by atoms with Crippen molar-refractivity contribution in [3.05, 3.63) is 12.3 Å². The third-order valence-electron chi connectivity index (χ3n) is 2.51. The number of nitrogens with one attached hydrogen (secondary N) is 2. The first-order valence-electron chi connectivity index (χ1n) is 5.77. The number of likely N-dealkylation sites (N-methyl/N-ethyl adjacent to an activating group) is 1. The van der Waals surface area contributed by atoms with Gasteiger partial charge in [0, 0.05) is 26.3 Å². The molecule has 1 heterocycles.